The van der Waals surface area contributed by atoms with E-state index in [0.29, 0.717) is 13.8 Å². The predicted octanol–water partition coefficient (Wildman–Crippen LogP) is 7.00. The molecule has 0 saturated carbocycles. The first-order valence-corrected chi connectivity index (χ1v) is 9.18. The lowest BCUT2D eigenvalue weighted by Gasteiger charge is -2.42. The van der Waals surface area contributed by atoms with Gasteiger partial charge in [-0.2, -0.15) is 74.6 Å². The van der Waals surface area contributed by atoms with Crippen LogP contribution in [0.4, 0.5) is 74.6 Å². The molecule has 0 unspecified atom stereocenters. The SMILES string of the molecule is CC(=O)Oc1ccc(C(F)(F)C(F)(F)C(F)(F)C(F)(F)C(F)(F)C(F)(F)C(F)(F)C(F)(F)F)cc1OC(C)=O. The zero-order valence-corrected chi connectivity index (χ0v) is 18.3. The highest BCUT2D eigenvalue weighted by Gasteiger charge is 2.95. The Morgan fingerprint density at radius 2 is 0.846 bits per heavy atom. The smallest absolute Gasteiger partial charge is 0.423 e. The molecule has 0 atom stereocenters. The summed E-state index contributed by atoms with van der Waals surface area (Å²) in [4.78, 5) is 22.0. The summed E-state index contributed by atoms with van der Waals surface area (Å²) < 4.78 is 237. The number of carbonyl (C=O) groups is 2. The summed E-state index contributed by atoms with van der Waals surface area (Å²) in [6.45, 7) is 1.14. The van der Waals surface area contributed by atoms with Gasteiger partial charge in [-0.1, -0.05) is 0 Å². The lowest BCUT2D eigenvalue weighted by molar-refractivity contribution is -0.462. The Morgan fingerprint density at radius 3 is 1.21 bits per heavy atom. The molecule has 0 spiro atoms. The molecule has 1 rings (SSSR count). The molecule has 0 bridgehead atoms. The second-order valence-corrected chi connectivity index (χ2v) is 7.37. The molecule has 21 heteroatoms. The monoisotopic (exact) mass is 612 g/mol. The normalized spacial score (nSPS) is 14.7. The van der Waals surface area contributed by atoms with Crippen LogP contribution in [0.1, 0.15) is 19.4 Å². The lowest BCUT2D eigenvalue weighted by Crippen LogP contribution is -2.74. The number of carbonyl (C=O) groups excluding carboxylic acids is 2. The zero-order valence-electron chi connectivity index (χ0n) is 18.3. The number of hydrogen-bond acceptors (Lipinski definition) is 4. The van der Waals surface area contributed by atoms with Gasteiger partial charge >= 0.3 is 59.6 Å². The minimum Gasteiger partial charge on any atom is -0.423 e. The molecule has 39 heavy (non-hydrogen) atoms. The van der Waals surface area contributed by atoms with E-state index in [2.05, 4.69) is 9.47 Å². The van der Waals surface area contributed by atoms with Crippen molar-refractivity contribution >= 4 is 11.9 Å². The molecule has 0 aliphatic carbocycles. The van der Waals surface area contributed by atoms with Gasteiger partial charge in [0.05, 0.1) is 0 Å². The highest BCUT2D eigenvalue weighted by Crippen LogP contribution is 2.65. The van der Waals surface area contributed by atoms with E-state index >= 15 is 0 Å². The Hall–Kier alpha value is -3.03. The minimum absolute atomic E-state index is 0.00191. The number of halogens is 17. The molecule has 0 fully saturated rings. The minimum atomic E-state index is -8.76. The fourth-order valence-corrected chi connectivity index (χ4v) is 2.52. The summed E-state index contributed by atoms with van der Waals surface area (Å²) in [7, 11) is 0. The number of benzene rings is 1. The topological polar surface area (TPSA) is 52.6 Å². The summed E-state index contributed by atoms with van der Waals surface area (Å²) in [5.74, 6) is -63.1. The third-order valence-electron chi connectivity index (χ3n) is 4.54. The standard InChI is InChI=1S/C18H9F17O4/c1-6(36)38-9-4-3-8(5-10(9)39-7(2)37)11(19,20)12(21,22)13(23,24)14(25,26)15(27,28)16(29,30)17(31,32)18(33,34)35/h3-5H,1-2H3. The zero-order chi connectivity index (χ0) is 31.4. The first-order chi connectivity index (χ1) is 16.9. The van der Waals surface area contributed by atoms with Crippen molar-refractivity contribution < 1.29 is 93.7 Å². The van der Waals surface area contributed by atoms with Gasteiger partial charge in [0.25, 0.3) is 0 Å². The van der Waals surface area contributed by atoms with Crippen LogP contribution in [0.2, 0.25) is 0 Å². The van der Waals surface area contributed by atoms with Gasteiger partial charge in [-0.15, -0.1) is 0 Å². The van der Waals surface area contributed by atoms with Gasteiger partial charge in [0.15, 0.2) is 11.5 Å². The van der Waals surface area contributed by atoms with Crippen LogP contribution >= 0.6 is 0 Å². The number of esters is 2. The fourth-order valence-electron chi connectivity index (χ4n) is 2.52. The Morgan fingerprint density at radius 1 is 0.513 bits per heavy atom. The van der Waals surface area contributed by atoms with E-state index in [-0.39, 0.29) is 6.07 Å². The summed E-state index contributed by atoms with van der Waals surface area (Å²) in [6, 6.07) is -0.966. The summed E-state index contributed by atoms with van der Waals surface area (Å²) in [6.07, 6.45) is -7.85. The first kappa shape index (κ1) is 34.0. The van der Waals surface area contributed by atoms with Crippen molar-refractivity contribution in [3.05, 3.63) is 23.8 Å². The summed E-state index contributed by atoms with van der Waals surface area (Å²) >= 11 is 0. The molecule has 0 saturated heterocycles. The van der Waals surface area contributed by atoms with Crippen molar-refractivity contribution in [3.8, 4) is 11.5 Å². The fraction of sp³-hybridized carbons (Fsp3) is 0.556. The van der Waals surface area contributed by atoms with Crippen LogP contribution < -0.4 is 9.47 Å². The Labute approximate surface area is 203 Å². The maximum Gasteiger partial charge on any atom is 0.460 e. The molecule has 1 aromatic carbocycles. The lowest BCUT2D eigenvalue weighted by atomic mass is 9.87. The van der Waals surface area contributed by atoms with Crippen molar-refractivity contribution in [2.24, 2.45) is 0 Å². The number of hydrogen-bond donors (Lipinski definition) is 0. The first-order valence-electron chi connectivity index (χ1n) is 9.18. The van der Waals surface area contributed by atoms with Crippen LogP contribution in [-0.2, 0) is 15.5 Å². The average molecular weight is 612 g/mol. The average Bonchev–Trinajstić information content (AvgIpc) is 2.72. The molecule has 0 radical (unpaired) electrons. The molecular formula is C18H9F17O4. The Balaban J connectivity index is 3.80. The number of ether oxygens (including phenoxy) is 2. The largest absolute Gasteiger partial charge is 0.460 e. The van der Waals surface area contributed by atoms with E-state index in [1.807, 2.05) is 0 Å². The maximum atomic E-state index is 14.4. The molecule has 0 aromatic heterocycles. The van der Waals surface area contributed by atoms with E-state index in [9.17, 15) is 84.2 Å². The van der Waals surface area contributed by atoms with Crippen LogP contribution in [0.25, 0.3) is 0 Å². The highest BCUT2D eigenvalue weighted by atomic mass is 19.4. The second kappa shape index (κ2) is 9.56. The van der Waals surface area contributed by atoms with Gasteiger partial charge < -0.3 is 9.47 Å². The van der Waals surface area contributed by atoms with Crippen molar-refractivity contribution in [2.45, 2.75) is 61.5 Å². The van der Waals surface area contributed by atoms with Crippen LogP contribution in [0, 0.1) is 0 Å². The van der Waals surface area contributed by atoms with Gasteiger partial charge in [0.2, 0.25) is 0 Å². The van der Waals surface area contributed by atoms with Crippen LogP contribution in [-0.4, -0.2) is 53.7 Å². The van der Waals surface area contributed by atoms with Crippen molar-refractivity contribution in [1.29, 1.82) is 0 Å². The molecule has 0 amide bonds. The van der Waals surface area contributed by atoms with E-state index in [0.717, 1.165) is 0 Å². The predicted molar refractivity (Wildman–Crippen MR) is 88.7 cm³/mol. The van der Waals surface area contributed by atoms with Gasteiger partial charge in [0, 0.05) is 19.4 Å². The van der Waals surface area contributed by atoms with E-state index in [1.54, 1.807) is 0 Å². The molecule has 4 nitrogen and oxygen atoms in total. The third-order valence-corrected chi connectivity index (χ3v) is 4.54. The molecule has 0 heterocycles. The van der Waals surface area contributed by atoms with Crippen LogP contribution in [0.5, 0.6) is 11.5 Å². The van der Waals surface area contributed by atoms with E-state index in [1.165, 1.54) is 0 Å². The Kier molecular flexibility index (Phi) is 8.33. The molecule has 1 aromatic rings. The molecule has 0 N–H and O–H groups in total. The van der Waals surface area contributed by atoms with E-state index < -0.39 is 88.8 Å². The molecule has 0 aliphatic heterocycles. The molecule has 0 aliphatic rings. The second-order valence-electron chi connectivity index (χ2n) is 7.37. The Bertz CT molecular complexity index is 1110. The van der Waals surface area contributed by atoms with Gasteiger partial charge in [-0.05, 0) is 18.2 Å². The number of alkyl halides is 17. The quantitative estimate of drug-likeness (QED) is 0.171. The van der Waals surface area contributed by atoms with Crippen molar-refractivity contribution in [2.75, 3.05) is 0 Å². The van der Waals surface area contributed by atoms with Crippen LogP contribution in [0.3, 0.4) is 0 Å². The highest BCUT2D eigenvalue weighted by molar-refractivity contribution is 5.73. The summed E-state index contributed by atoms with van der Waals surface area (Å²) in [5, 5.41) is 0. The van der Waals surface area contributed by atoms with Crippen LogP contribution in [0.15, 0.2) is 18.2 Å². The summed E-state index contributed by atoms with van der Waals surface area (Å²) in [5.41, 5.74) is -2.63. The number of rotatable bonds is 9. The third kappa shape index (κ3) is 5.03. The maximum absolute atomic E-state index is 14.4. The van der Waals surface area contributed by atoms with Gasteiger partial charge in [-0.3, -0.25) is 9.59 Å². The van der Waals surface area contributed by atoms with Gasteiger partial charge in [0.1, 0.15) is 0 Å². The van der Waals surface area contributed by atoms with Crippen molar-refractivity contribution in [1.82, 2.24) is 0 Å². The van der Waals surface area contributed by atoms with Crippen molar-refractivity contribution in [3.63, 3.8) is 0 Å². The van der Waals surface area contributed by atoms with Gasteiger partial charge in [-0.25, -0.2) is 0 Å². The molecule has 224 valence electrons. The van der Waals surface area contributed by atoms with E-state index in [4.69, 9.17) is 0 Å². The molecular weight excluding hydrogens is 603 g/mol.